The minimum absolute atomic E-state index is 0.00666. The first-order chi connectivity index (χ1) is 17.8. The molecule has 0 bridgehead atoms. The van der Waals surface area contributed by atoms with E-state index in [1.54, 1.807) is 35.0 Å². The van der Waals surface area contributed by atoms with Gasteiger partial charge < -0.3 is 15.4 Å². The zero-order chi connectivity index (χ0) is 25.7. The number of aromatic amines is 1. The molecule has 0 radical (unpaired) electrons. The standard InChI is InChI=1S/C25H24ClF2N7O2/c1-25(6-7-25)32-24(36)37-19-5-3-14(22(19)28)18-11-20(34-33-18)31-23-30-17(12-21-29-8-9-35(21)23)13-2-4-16(27)15(26)10-13/h2,4,8-12,14,19,22H,3,5-7H2,1H3,(H,32,36)(H2,30,31,33,34)/t14-,19-,22+/m0/s1. The number of imidazole rings is 1. The van der Waals surface area contributed by atoms with Gasteiger partial charge in [-0.1, -0.05) is 11.6 Å². The third-order valence-corrected chi connectivity index (χ3v) is 7.30. The highest BCUT2D eigenvalue weighted by Gasteiger charge is 2.43. The number of alkyl carbamates (subject to hydrolysis) is 1. The Morgan fingerprint density at radius 1 is 1.27 bits per heavy atom. The van der Waals surface area contributed by atoms with E-state index < -0.39 is 30.1 Å². The second-order valence-electron chi connectivity index (χ2n) is 9.84. The van der Waals surface area contributed by atoms with Crippen molar-refractivity contribution >= 4 is 35.1 Å². The molecule has 0 unspecified atom stereocenters. The molecule has 37 heavy (non-hydrogen) atoms. The Morgan fingerprint density at radius 3 is 2.89 bits per heavy atom. The predicted octanol–water partition coefficient (Wildman–Crippen LogP) is 5.52. The lowest BCUT2D eigenvalue weighted by molar-refractivity contribution is 0.0546. The van der Waals surface area contributed by atoms with Crippen LogP contribution in [0.3, 0.4) is 0 Å². The van der Waals surface area contributed by atoms with Crippen LogP contribution in [0, 0.1) is 5.82 Å². The zero-order valence-corrected chi connectivity index (χ0v) is 20.6. The molecular weight excluding hydrogens is 504 g/mol. The Hall–Kier alpha value is -3.73. The number of alkyl halides is 1. The number of halogens is 3. The molecule has 2 aliphatic rings. The number of ether oxygens (including phenoxy) is 1. The molecule has 3 heterocycles. The number of carbonyl (C=O) groups excluding carboxylic acids is 1. The van der Waals surface area contributed by atoms with Crippen molar-refractivity contribution in [2.45, 2.75) is 56.3 Å². The Labute approximate surface area is 215 Å². The smallest absolute Gasteiger partial charge is 0.407 e. The molecular formula is C25H24ClF2N7O2. The molecule has 2 fully saturated rings. The lowest BCUT2D eigenvalue weighted by Gasteiger charge is -2.19. The molecule has 9 nitrogen and oxygen atoms in total. The number of benzene rings is 1. The van der Waals surface area contributed by atoms with E-state index in [-0.39, 0.29) is 10.6 Å². The fourth-order valence-corrected chi connectivity index (χ4v) is 4.80. The molecule has 12 heteroatoms. The van der Waals surface area contributed by atoms with Crippen molar-refractivity contribution in [3.05, 3.63) is 59.3 Å². The SMILES string of the molecule is CC1(NC(=O)O[C@H]2CC[C@@H](c3cc(Nc4nc(-c5ccc(F)c(Cl)c5)cc5nccn45)n[nH]3)[C@H]2F)CC1. The number of anilines is 2. The van der Waals surface area contributed by atoms with E-state index in [9.17, 15) is 9.18 Å². The molecule has 0 aliphatic heterocycles. The molecule has 0 spiro atoms. The van der Waals surface area contributed by atoms with Crippen LogP contribution in [-0.4, -0.2) is 48.5 Å². The molecule has 192 valence electrons. The Kier molecular flexibility index (Phi) is 5.74. The summed E-state index contributed by atoms with van der Waals surface area (Å²) in [5.74, 6) is -0.148. The molecule has 3 aromatic heterocycles. The van der Waals surface area contributed by atoms with Crippen LogP contribution < -0.4 is 10.6 Å². The van der Waals surface area contributed by atoms with Crippen molar-refractivity contribution in [2.75, 3.05) is 5.32 Å². The van der Waals surface area contributed by atoms with Crippen LogP contribution in [0.1, 0.15) is 44.2 Å². The summed E-state index contributed by atoms with van der Waals surface area (Å²) in [4.78, 5) is 21.1. The van der Waals surface area contributed by atoms with Crippen LogP contribution >= 0.6 is 11.6 Å². The van der Waals surface area contributed by atoms with E-state index in [4.69, 9.17) is 16.3 Å². The lowest BCUT2D eigenvalue weighted by Crippen LogP contribution is -2.38. The first-order valence-electron chi connectivity index (χ1n) is 12.0. The number of hydrogen-bond donors (Lipinski definition) is 3. The van der Waals surface area contributed by atoms with Gasteiger partial charge >= 0.3 is 6.09 Å². The summed E-state index contributed by atoms with van der Waals surface area (Å²) in [6.45, 7) is 1.94. The summed E-state index contributed by atoms with van der Waals surface area (Å²) >= 11 is 5.96. The molecule has 4 aromatic rings. The summed E-state index contributed by atoms with van der Waals surface area (Å²) in [6.07, 6.45) is 3.39. The number of nitrogens with one attached hydrogen (secondary N) is 3. The molecule has 2 saturated carbocycles. The van der Waals surface area contributed by atoms with Crippen molar-refractivity contribution in [3.8, 4) is 11.3 Å². The molecule has 3 N–H and O–H groups in total. The number of rotatable bonds is 6. The van der Waals surface area contributed by atoms with Crippen molar-refractivity contribution in [1.29, 1.82) is 0 Å². The van der Waals surface area contributed by atoms with E-state index in [2.05, 4.69) is 30.8 Å². The van der Waals surface area contributed by atoms with E-state index in [1.807, 2.05) is 6.92 Å². The number of nitrogens with zero attached hydrogens (tertiary/aromatic N) is 4. The minimum atomic E-state index is -1.35. The largest absolute Gasteiger partial charge is 0.443 e. The van der Waals surface area contributed by atoms with Gasteiger partial charge in [0.1, 0.15) is 23.7 Å². The summed E-state index contributed by atoms with van der Waals surface area (Å²) in [6, 6.07) is 7.85. The van der Waals surface area contributed by atoms with E-state index in [0.29, 0.717) is 47.2 Å². The van der Waals surface area contributed by atoms with Gasteiger partial charge in [0.05, 0.1) is 10.7 Å². The van der Waals surface area contributed by atoms with Gasteiger partial charge in [0.2, 0.25) is 5.95 Å². The average Bonchev–Trinajstić information content (AvgIpc) is 3.25. The van der Waals surface area contributed by atoms with Gasteiger partial charge in [-0.25, -0.2) is 23.5 Å². The van der Waals surface area contributed by atoms with Gasteiger partial charge in [-0.2, -0.15) is 5.10 Å². The van der Waals surface area contributed by atoms with Gasteiger partial charge in [-0.05, 0) is 50.8 Å². The second-order valence-corrected chi connectivity index (χ2v) is 10.2. The number of fused-ring (bicyclic) bond motifs is 1. The number of amides is 1. The molecule has 1 amide bonds. The highest BCUT2D eigenvalue weighted by molar-refractivity contribution is 6.31. The topological polar surface area (TPSA) is 109 Å². The predicted molar refractivity (Wildman–Crippen MR) is 133 cm³/mol. The van der Waals surface area contributed by atoms with Crippen molar-refractivity contribution in [2.24, 2.45) is 0 Å². The van der Waals surface area contributed by atoms with E-state index in [0.717, 1.165) is 12.8 Å². The number of hydrogen-bond acceptors (Lipinski definition) is 6. The number of aromatic nitrogens is 5. The fourth-order valence-electron chi connectivity index (χ4n) is 4.62. The molecule has 6 rings (SSSR count). The summed E-state index contributed by atoms with van der Waals surface area (Å²) in [5, 5.41) is 13.1. The maximum atomic E-state index is 15.2. The maximum absolute atomic E-state index is 15.2. The zero-order valence-electron chi connectivity index (χ0n) is 19.8. The third-order valence-electron chi connectivity index (χ3n) is 7.01. The normalized spacial score (nSPS) is 22.2. The molecule has 1 aromatic carbocycles. The van der Waals surface area contributed by atoms with Gasteiger partial charge in [0.15, 0.2) is 5.82 Å². The van der Waals surface area contributed by atoms with Crippen molar-refractivity contribution in [1.82, 2.24) is 29.9 Å². The van der Waals surface area contributed by atoms with Gasteiger partial charge in [-0.3, -0.25) is 9.50 Å². The summed E-state index contributed by atoms with van der Waals surface area (Å²) in [5.41, 5.74) is 2.15. The van der Waals surface area contributed by atoms with Gasteiger partial charge in [0.25, 0.3) is 0 Å². The summed E-state index contributed by atoms with van der Waals surface area (Å²) in [7, 11) is 0. The first kappa shape index (κ1) is 23.7. The molecule has 3 atom stereocenters. The van der Waals surface area contributed by atoms with E-state index >= 15 is 4.39 Å². The van der Waals surface area contributed by atoms with Gasteiger partial charge in [-0.15, -0.1) is 0 Å². The van der Waals surface area contributed by atoms with Gasteiger partial charge in [0, 0.05) is 47.2 Å². The highest BCUT2D eigenvalue weighted by Crippen LogP contribution is 2.39. The molecule has 2 aliphatic carbocycles. The highest BCUT2D eigenvalue weighted by atomic mass is 35.5. The Balaban J connectivity index is 1.19. The van der Waals surface area contributed by atoms with Crippen LogP contribution in [0.2, 0.25) is 5.02 Å². The van der Waals surface area contributed by atoms with Crippen LogP contribution in [-0.2, 0) is 4.74 Å². The third kappa shape index (κ3) is 4.71. The number of H-pyrrole nitrogens is 1. The van der Waals surface area contributed by atoms with Crippen LogP contribution in [0.4, 0.5) is 25.3 Å². The minimum Gasteiger partial charge on any atom is -0.443 e. The first-order valence-corrected chi connectivity index (χ1v) is 12.4. The van der Waals surface area contributed by atoms with Crippen LogP contribution in [0.5, 0.6) is 0 Å². The van der Waals surface area contributed by atoms with E-state index in [1.165, 1.54) is 12.1 Å². The molecule has 0 saturated heterocycles. The number of carbonyl (C=O) groups is 1. The summed E-state index contributed by atoms with van der Waals surface area (Å²) < 4.78 is 36.0. The maximum Gasteiger partial charge on any atom is 0.407 e. The van der Waals surface area contributed by atoms with Crippen LogP contribution in [0.15, 0.2) is 42.7 Å². The van der Waals surface area contributed by atoms with Crippen LogP contribution in [0.25, 0.3) is 16.9 Å². The monoisotopic (exact) mass is 527 g/mol. The Bertz CT molecular complexity index is 1480. The Morgan fingerprint density at radius 2 is 2.11 bits per heavy atom. The lowest BCUT2D eigenvalue weighted by atomic mass is 10.0. The second kappa shape index (κ2) is 8.98. The quantitative estimate of drug-likeness (QED) is 0.305. The van der Waals surface area contributed by atoms with Crippen molar-refractivity contribution < 1.29 is 18.3 Å². The van der Waals surface area contributed by atoms with Crippen molar-refractivity contribution in [3.63, 3.8) is 0 Å². The fraction of sp³-hybridized carbons (Fsp3) is 0.360. The average molecular weight is 528 g/mol.